The van der Waals surface area contributed by atoms with Gasteiger partial charge in [0.15, 0.2) is 17.6 Å². The standard InChI is InChI=1S/C23H28N2O4/c1-16(2)13-21(26)24-22(17-9-5-4-6-10-17)23(27)25(3)14-18-15-28-19-11-7-8-12-20(19)29-18/h4-12,16,18,22H,13-15H2,1-3H3,(H,24,26). The summed E-state index contributed by atoms with van der Waals surface area (Å²) >= 11 is 0. The number of hydrogen-bond acceptors (Lipinski definition) is 4. The highest BCUT2D eigenvalue weighted by Gasteiger charge is 2.29. The van der Waals surface area contributed by atoms with Gasteiger partial charge in [-0.05, 0) is 23.6 Å². The molecule has 2 aromatic rings. The Kier molecular flexibility index (Phi) is 6.75. The van der Waals surface area contributed by atoms with E-state index in [1.165, 1.54) is 0 Å². The van der Waals surface area contributed by atoms with Crippen molar-refractivity contribution in [3.63, 3.8) is 0 Å². The maximum atomic E-state index is 13.2. The van der Waals surface area contributed by atoms with E-state index in [9.17, 15) is 9.59 Å². The van der Waals surface area contributed by atoms with E-state index in [0.717, 1.165) is 5.56 Å². The zero-order chi connectivity index (χ0) is 20.8. The van der Waals surface area contributed by atoms with Crippen molar-refractivity contribution in [3.8, 4) is 11.5 Å². The van der Waals surface area contributed by atoms with Gasteiger partial charge in [-0.15, -0.1) is 0 Å². The molecule has 0 bridgehead atoms. The molecule has 154 valence electrons. The number of ether oxygens (including phenoxy) is 2. The van der Waals surface area contributed by atoms with Gasteiger partial charge in [-0.1, -0.05) is 56.3 Å². The molecule has 6 nitrogen and oxygen atoms in total. The van der Waals surface area contributed by atoms with Crippen LogP contribution in [0.25, 0.3) is 0 Å². The summed E-state index contributed by atoms with van der Waals surface area (Å²) in [6.45, 7) is 4.67. The third-order valence-electron chi connectivity index (χ3n) is 4.70. The van der Waals surface area contributed by atoms with Gasteiger partial charge in [-0.2, -0.15) is 0 Å². The summed E-state index contributed by atoms with van der Waals surface area (Å²) < 4.78 is 11.7. The van der Waals surface area contributed by atoms with E-state index in [4.69, 9.17) is 9.47 Å². The van der Waals surface area contributed by atoms with Crippen molar-refractivity contribution in [3.05, 3.63) is 60.2 Å². The number of amides is 2. The number of nitrogens with one attached hydrogen (secondary N) is 1. The first-order chi connectivity index (χ1) is 13.9. The summed E-state index contributed by atoms with van der Waals surface area (Å²) in [5.74, 6) is 1.28. The molecule has 3 rings (SSSR count). The lowest BCUT2D eigenvalue weighted by Crippen LogP contribution is -2.46. The molecule has 2 amide bonds. The monoisotopic (exact) mass is 396 g/mol. The molecule has 0 spiro atoms. The molecule has 0 saturated carbocycles. The van der Waals surface area contributed by atoms with Crippen molar-refractivity contribution in [2.75, 3.05) is 20.2 Å². The molecule has 6 heteroatoms. The van der Waals surface area contributed by atoms with Crippen LogP contribution in [-0.4, -0.2) is 43.0 Å². The summed E-state index contributed by atoms with van der Waals surface area (Å²) in [6, 6.07) is 16.1. The van der Waals surface area contributed by atoms with Gasteiger partial charge in [0.2, 0.25) is 11.8 Å². The molecule has 1 aliphatic rings. The van der Waals surface area contributed by atoms with Gasteiger partial charge in [0.25, 0.3) is 0 Å². The SMILES string of the molecule is CC(C)CC(=O)NC(C(=O)N(C)CC1COc2ccccc2O1)c1ccccc1. The Morgan fingerprint density at radius 3 is 2.41 bits per heavy atom. The highest BCUT2D eigenvalue weighted by atomic mass is 16.6. The molecule has 2 atom stereocenters. The Morgan fingerprint density at radius 2 is 1.72 bits per heavy atom. The number of nitrogens with zero attached hydrogens (tertiary/aromatic N) is 1. The van der Waals surface area contributed by atoms with Crippen LogP contribution in [0.5, 0.6) is 11.5 Å². The Labute approximate surface area is 171 Å². The number of carbonyl (C=O) groups is 2. The first kappa shape index (κ1) is 20.7. The second-order valence-corrected chi connectivity index (χ2v) is 7.73. The van der Waals surface area contributed by atoms with Gasteiger partial charge in [0, 0.05) is 13.5 Å². The minimum absolute atomic E-state index is 0.137. The molecule has 2 aromatic carbocycles. The third-order valence-corrected chi connectivity index (χ3v) is 4.70. The van der Waals surface area contributed by atoms with Crippen molar-refractivity contribution in [2.24, 2.45) is 5.92 Å². The van der Waals surface area contributed by atoms with Crippen molar-refractivity contribution >= 4 is 11.8 Å². The molecule has 0 radical (unpaired) electrons. The minimum atomic E-state index is -0.732. The third kappa shape index (κ3) is 5.50. The van der Waals surface area contributed by atoms with Crippen LogP contribution < -0.4 is 14.8 Å². The largest absolute Gasteiger partial charge is 0.486 e. The topological polar surface area (TPSA) is 67.9 Å². The highest BCUT2D eigenvalue weighted by Crippen LogP contribution is 2.31. The molecule has 1 heterocycles. The normalized spacial score (nSPS) is 16.2. The molecule has 2 unspecified atom stereocenters. The first-order valence-electron chi connectivity index (χ1n) is 9.91. The fourth-order valence-electron chi connectivity index (χ4n) is 3.29. The maximum Gasteiger partial charge on any atom is 0.249 e. The molecule has 1 aliphatic heterocycles. The van der Waals surface area contributed by atoms with Crippen molar-refractivity contribution in [1.29, 1.82) is 0 Å². The lowest BCUT2D eigenvalue weighted by atomic mass is 10.0. The second kappa shape index (κ2) is 9.45. The molecule has 0 saturated heterocycles. The molecule has 29 heavy (non-hydrogen) atoms. The highest BCUT2D eigenvalue weighted by molar-refractivity contribution is 5.88. The van der Waals surface area contributed by atoms with E-state index in [1.54, 1.807) is 11.9 Å². The van der Waals surface area contributed by atoms with Crippen LogP contribution in [0.1, 0.15) is 31.9 Å². The van der Waals surface area contributed by atoms with Crippen LogP contribution in [0.15, 0.2) is 54.6 Å². The average Bonchev–Trinajstić information content (AvgIpc) is 2.71. The fourth-order valence-corrected chi connectivity index (χ4v) is 3.29. The maximum absolute atomic E-state index is 13.2. The predicted octanol–water partition coefficient (Wildman–Crippen LogP) is 3.19. The van der Waals surface area contributed by atoms with Gasteiger partial charge in [0.1, 0.15) is 12.6 Å². The summed E-state index contributed by atoms with van der Waals surface area (Å²) in [5, 5.41) is 2.90. The summed E-state index contributed by atoms with van der Waals surface area (Å²) in [7, 11) is 1.72. The van der Waals surface area contributed by atoms with Crippen LogP contribution in [0.4, 0.5) is 0 Å². The first-order valence-corrected chi connectivity index (χ1v) is 9.91. The lowest BCUT2D eigenvalue weighted by Gasteiger charge is -2.31. The van der Waals surface area contributed by atoms with E-state index >= 15 is 0 Å². The molecular formula is C23H28N2O4. The number of para-hydroxylation sites is 2. The summed E-state index contributed by atoms with van der Waals surface area (Å²) in [6.07, 6.45) is 0.0955. The minimum Gasteiger partial charge on any atom is -0.486 e. The Balaban J connectivity index is 1.69. The number of rotatable bonds is 7. The molecule has 0 fully saturated rings. The number of hydrogen-bond donors (Lipinski definition) is 1. The van der Waals surface area contributed by atoms with Crippen LogP contribution >= 0.6 is 0 Å². The van der Waals surface area contributed by atoms with Crippen LogP contribution in [0, 0.1) is 5.92 Å². The summed E-state index contributed by atoms with van der Waals surface area (Å²) in [4.78, 5) is 27.2. The number of likely N-dealkylation sites (N-methyl/N-ethyl adjacent to an activating group) is 1. The predicted molar refractivity (Wildman–Crippen MR) is 111 cm³/mol. The number of fused-ring (bicyclic) bond motifs is 1. The van der Waals surface area contributed by atoms with Gasteiger partial charge in [-0.3, -0.25) is 9.59 Å². The van der Waals surface area contributed by atoms with E-state index in [0.29, 0.717) is 31.1 Å². The van der Waals surface area contributed by atoms with Crippen molar-refractivity contribution in [2.45, 2.75) is 32.4 Å². The van der Waals surface area contributed by atoms with Crippen molar-refractivity contribution < 1.29 is 19.1 Å². The van der Waals surface area contributed by atoms with E-state index < -0.39 is 6.04 Å². The lowest BCUT2D eigenvalue weighted by molar-refractivity contribution is -0.137. The number of benzene rings is 2. The van der Waals surface area contributed by atoms with Crippen LogP contribution in [0.3, 0.4) is 0 Å². The zero-order valence-electron chi connectivity index (χ0n) is 17.1. The molecule has 0 aliphatic carbocycles. The van der Waals surface area contributed by atoms with Gasteiger partial charge in [-0.25, -0.2) is 0 Å². The molecular weight excluding hydrogens is 368 g/mol. The van der Waals surface area contributed by atoms with Gasteiger partial charge < -0.3 is 19.7 Å². The Morgan fingerprint density at radius 1 is 1.07 bits per heavy atom. The van der Waals surface area contributed by atoms with E-state index in [1.807, 2.05) is 68.4 Å². The Bertz CT molecular complexity index is 838. The van der Waals surface area contributed by atoms with Gasteiger partial charge in [0.05, 0.1) is 6.54 Å². The van der Waals surface area contributed by atoms with Crippen LogP contribution in [-0.2, 0) is 9.59 Å². The smallest absolute Gasteiger partial charge is 0.249 e. The molecule has 1 N–H and O–H groups in total. The van der Waals surface area contributed by atoms with Crippen LogP contribution in [0.2, 0.25) is 0 Å². The van der Waals surface area contributed by atoms with E-state index in [2.05, 4.69) is 5.32 Å². The summed E-state index contributed by atoms with van der Waals surface area (Å²) in [5.41, 5.74) is 0.757. The second-order valence-electron chi connectivity index (χ2n) is 7.73. The zero-order valence-corrected chi connectivity index (χ0v) is 17.1. The fraction of sp³-hybridized carbons (Fsp3) is 0.391. The van der Waals surface area contributed by atoms with Gasteiger partial charge >= 0.3 is 0 Å². The number of carbonyl (C=O) groups excluding carboxylic acids is 2. The van der Waals surface area contributed by atoms with Crippen molar-refractivity contribution in [1.82, 2.24) is 10.2 Å². The quantitative estimate of drug-likeness (QED) is 0.781. The molecule has 0 aromatic heterocycles. The Hall–Kier alpha value is -3.02. The van der Waals surface area contributed by atoms with E-state index in [-0.39, 0.29) is 23.8 Å². The average molecular weight is 396 g/mol.